The molecule has 0 aliphatic rings. The molecule has 0 radical (unpaired) electrons. The fourth-order valence-corrected chi connectivity index (χ4v) is 0.993. The van der Waals surface area contributed by atoms with Gasteiger partial charge in [-0.05, 0) is 18.2 Å². The fraction of sp³-hybridized carbons (Fsp3) is 0.182. The number of nitrogens with zero attached hydrogens (tertiary/aromatic N) is 1. The number of halogens is 2. The van der Waals surface area contributed by atoms with E-state index in [0.717, 1.165) is 18.2 Å². The maximum Gasteiger partial charge on any atom is 0.190 e. The van der Waals surface area contributed by atoms with E-state index in [0.29, 0.717) is 0 Å². The highest BCUT2D eigenvalue weighted by Crippen LogP contribution is 2.10. The van der Waals surface area contributed by atoms with Crippen LogP contribution in [0.3, 0.4) is 0 Å². The number of hydrogen-bond acceptors (Lipinski definition) is 2. The molecule has 0 aliphatic heterocycles. The molecule has 2 nitrogen and oxygen atoms in total. The summed E-state index contributed by atoms with van der Waals surface area (Å²) < 4.78 is 25.9. The van der Waals surface area contributed by atoms with Crippen molar-refractivity contribution in [1.82, 2.24) is 4.90 Å². The number of allylic oxidation sites excluding steroid dienone is 1. The van der Waals surface area contributed by atoms with Gasteiger partial charge in [-0.2, -0.15) is 0 Å². The van der Waals surface area contributed by atoms with Gasteiger partial charge in [-0.3, -0.25) is 4.79 Å². The molecule has 0 atom stereocenters. The summed E-state index contributed by atoms with van der Waals surface area (Å²) in [5, 5.41) is 0. The minimum Gasteiger partial charge on any atom is -0.383 e. The van der Waals surface area contributed by atoms with Crippen LogP contribution in [-0.2, 0) is 0 Å². The van der Waals surface area contributed by atoms with Gasteiger partial charge in [0.15, 0.2) is 5.78 Å². The van der Waals surface area contributed by atoms with E-state index in [2.05, 4.69) is 0 Å². The minimum atomic E-state index is -0.718. The van der Waals surface area contributed by atoms with Crippen molar-refractivity contribution in [3.63, 3.8) is 0 Å². The Kier molecular flexibility index (Phi) is 3.55. The first-order valence-electron chi connectivity index (χ1n) is 4.34. The Morgan fingerprint density at radius 1 is 1.33 bits per heavy atom. The quantitative estimate of drug-likeness (QED) is 0.564. The molecule has 0 aliphatic carbocycles. The molecule has 1 aromatic carbocycles. The second kappa shape index (κ2) is 4.68. The van der Waals surface area contributed by atoms with Gasteiger partial charge < -0.3 is 4.90 Å². The first-order valence-corrected chi connectivity index (χ1v) is 4.34. The smallest absolute Gasteiger partial charge is 0.190 e. The summed E-state index contributed by atoms with van der Waals surface area (Å²) >= 11 is 0. The average molecular weight is 211 g/mol. The highest BCUT2D eigenvalue weighted by Gasteiger charge is 2.09. The summed E-state index contributed by atoms with van der Waals surface area (Å²) in [4.78, 5) is 13.0. The Hall–Kier alpha value is -1.71. The molecule has 0 saturated heterocycles. The molecule has 0 unspecified atom stereocenters. The van der Waals surface area contributed by atoms with Crippen LogP contribution in [0.15, 0.2) is 30.5 Å². The van der Waals surface area contributed by atoms with Crippen LogP contribution in [0.5, 0.6) is 0 Å². The van der Waals surface area contributed by atoms with Crippen molar-refractivity contribution in [2.45, 2.75) is 0 Å². The molecule has 1 rings (SSSR count). The topological polar surface area (TPSA) is 20.3 Å². The molecule has 0 N–H and O–H groups in total. The zero-order chi connectivity index (χ0) is 11.4. The van der Waals surface area contributed by atoms with Gasteiger partial charge in [0, 0.05) is 26.4 Å². The lowest BCUT2D eigenvalue weighted by Gasteiger charge is -2.03. The van der Waals surface area contributed by atoms with E-state index >= 15 is 0 Å². The molecule has 15 heavy (non-hydrogen) atoms. The van der Waals surface area contributed by atoms with E-state index in [-0.39, 0.29) is 5.56 Å². The third kappa shape index (κ3) is 3.16. The summed E-state index contributed by atoms with van der Waals surface area (Å²) in [7, 11) is 3.46. The number of ketones is 1. The van der Waals surface area contributed by atoms with Crippen molar-refractivity contribution < 1.29 is 13.6 Å². The Morgan fingerprint density at radius 3 is 2.60 bits per heavy atom. The van der Waals surface area contributed by atoms with E-state index in [1.54, 1.807) is 19.0 Å². The lowest BCUT2D eigenvalue weighted by Crippen LogP contribution is -2.04. The number of carbonyl (C=O) groups excluding carboxylic acids is 1. The van der Waals surface area contributed by atoms with Crippen molar-refractivity contribution in [2.75, 3.05) is 14.1 Å². The van der Waals surface area contributed by atoms with Gasteiger partial charge in [0.2, 0.25) is 0 Å². The maximum atomic E-state index is 13.1. The van der Waals surface area contributed by atoms with Crippen LogP contribution in [0.25, 0.3) is 0 Å². The summed E-state index contributed by atoms with van der Waals surface area (Å²) in [6.45, 7) is 0. The van der Waals surface area contributed by atoms with Gasteiger partial charge >= 0.3 is 0 Å². The molecule has 0 aromatic heterocycles. The van der Waals surface area contributed by atoms with E-state index in [4.69, 9.17) is 0 Å². The van der Waals surface area contributed by atoms with Crippen molar-refractivity contribution in [3.05, 3.63) is 47.7 Å². The van der Waals surface area contributed by atoms with E-state index in [1.807, 2.05) is 0 Å². The second-order valence-electron chi connectivity index (χ2n) is 3.27. The summed E-state index contributed by atoms with van der Waals surface area (Å²) in [6, 6.07) is 2.80. The van der Waals surface area contributed by atoms with Crippen LogP contribution in [0.1, 0.15) is 10.4 Å². The number of carbonyl (C=O) groups is 1. The van der Waals surface area contributed by atoms with Gasteiger partial charge in [0.25, 0.3) is 0 Å². The SMILES string of the molecule is CN(C)/C=C/C(=O)c1cc(F)ccc1F. The van der Waals surface area contributed by atoms with Gasteiger partial charge in [-0.1, -0.05) is 0 Å². The zero-order valence-corrected chi connectivity index (χ0v) is 8.50. The van der Waals surface area contributed by atoms with Crippen LogP contribution in [-0.4, -0.2) is 24.8 Å². The Bertz CT molecular complexity index is 400. The van der Waals surface area contributed by atoms with Crippen molar-refractivity contribution in [1.29, 1.82) is 0 Å². The second-order valence-corrected chi connectivity index (χ2v) is 3.27. The summed E-state index contributed by atoms with van der Waals surface area (Å²) in [5.74, 6) is -1.90. The van der Waals surface area contributed by atoms with Crippen molar-refractivity contribution in [2.24, 2.45) is 0 Å². The maximum absolute atomic E-state index is 13.1. The third-order valence-corrected chi connectivity index (χ3v) is 1.72. The van der Waals surface area contributed by atoms with E-state index in [9.17, 15) is 13.6 Å². The predicted octanol–water partition coefficient (Wildman–Crippen LogP) is 2.22. The summed E-state index contributed by atoms with van der Waals surface area (Å²) in [5.41, 5.74) is -0.256. The first-order chi connectivity index (χ1) is 7.00. The highest BCUT2D eigenvalue weighted by molar-refractivity contribution is 6.04. The standard InChI is InChI=1S/C11H11F2NO/c1-14(2)6-5-11(15)9-7-8(12)3-4-10(9)13/h3-7H,1-2H3/b6-5+. The highest BCUT2D eigenvalue weighted by atomic mass is 19.1. The molecule has 0 spiro atoms. The molecular formula is C11H11F2NO. The van der Waals surface area contributed by atoms with Gasteiger partial charge in [-0.15, -0.1) is 0 Å². The zero-order valence-electron chi connectivity index (χ0n) is 8.50. The largest absolute Gasteiger partial charge is 0.383 e. The molecule has 0 amide bonds. The number of hydrogen-bond donors (Lipinski definition) is 0. The monoisotopic (exact) mass is 211 g/mol. The molecular weight excluding hydrogens is 200 g/mol. The van der Waals surface area contributed by atoms with Crippen LogP contribution in [0, 0.1) is 11.6 Å². The molecule has 1 aromatic rings. The van der Waals surface area contributed by atoms with Crippen LogP contribution in [0.4, 0.5) is 8.78 Å². The van der Waals surface area contributed by atoms with Gasteiger partial charge in [-0.25, -0.2) is 8.78 Å². The Balaban J connectivity index is 2.96. The van der Waals surface area contributed by atoms with Crippen molar-refractivity contribution >= 4 is 5.78 Å². The van der Waals surface area contributed by atoms with Gasteiger partial charge in [0.1, 0.15) is 11.6 Å². The Morgan fingerprint density at radius 2 is 2.00 bits per heavy atom. The molecule has 4 heteroatoms. The number of benzene rings is 1. The fourth-order valence-electron chi connectivity index (χ4n) is 0.993. The Labute approximate surface area is 86.8 Å². The average Bonchev–Trinajstić information content (AvgIpc) is 2.18. The van der Waals surface area contributed by atoms with E-state index in [1.165, 1.54) is 12.3 Å². The lowest BCUT2D eigenvalue weighted by atomic mass is 10.1. The molecule has 0 saturated carbocycles. The van der Waals surface area contributed by atoms with Gasteiger partial charge in [0.05, 0.1) is 5.56 Å². The molecule has 80 valence electrons. The summed E-state index contributed by atoms with van der Waals surface area (Å²) in [6.07, 6.45) is 2.67. The first kappa shape index (κ1) is 11.4. The van der Waals surface area contributed by atoms with Crippen LogP contribution in [0.2, 0.25) is 0 Å². The van der Waals surface area contributed by atoms with E-state index < -0.39 is 17.4 Å². The normalized spacial score (nSPS) is 10.7. The third-order valence-electron chi connectivity index (χ3n) is 1.72. The molecule has 0 bridgehead atoms. The number of rotatable bonds is 3. The molecule has 0 heterocycles. The minimum absolute atomic E-state index is 0.256. The van der Waals surface area contributed by atoms with Crippen LogP contribution < -0.4 is 0 Å². The van der Waals surface area contributed by atoms with Crippen LogP contribution >= 0.6 is 0 Å². The van der Waals surface area contributed by atoms with Crippen molar-refractivity contribution in [3.8, 4) is 0 Å². The lowest BCUT2D eigenvalue weighted by molar-refractivity contribution is 0.104. The molecule has 0 fully saturated rings. The predicted molar refractivity (Wildman–Crippen MR) is 53.5 cm³/mol.